The topological polar surface area (TPSA) is 0 Å². The van der Waals surface area contributed by atoms with Crippen molar-refractivity contribution in [2.75, 3.05) is 0 Å². The highest BCUT2D eigenvalue weighted by Crippen LogP contribution is 2.39. The van der Waals surface area contributed by atoms with Gasteiger partial charge in [0.2, 0.25) is 0 Å². The summed E-state index contributed by atoms with van der Waals surface area (Å²) < 4.78 is 0. The van der Waals surface area contributed by atoms with Crippen molar-refractivity contribution in [3.63, 3.8) is 0 Å². The zero-order chi connectivity index (χ0) is 28.4. The maximum absolute atomic E-state index is 3.43. The van der Waals surface area contributed by atoms with Gasteiger partial charge in [-0.3, -0.25) is 0 Å². The fourth-order valence-corrected chi connectivity index (χ4v) is 6.15. The summed E-state index contributed by atoms with van der Waals surface area (Å²) in [5, 5.41) is 0. The third-order valence-electron chi connectivity index (χ3n) is 6.11. The van der Waals surface area contributed by atoms with Crippen molar-refractivity contribution in [1.82, 2.24) is 0 Å². The Kier molecular flexibility index (Phi) is 8.43. The Balaban J connectivity index is 1.47. The van der Waals surface area contributed by atoms with E-state index in [1.807, 2.05) is 121 Å². The largest absolute Gasteiger partial charge is 0.124 e. The SMILES string of the molecule is C(#Cc1cc(C#Cc2ccccc2)c(-c2sc(C#Cc3ccccc3)cc2C#Cc2ccccc2)s1)c1ccccc1. The van der Waals surface area contributed by atoms with Crippen LogP contribution in [0.2, 0.25) is 0 Å². The normalized spacial score (nSPS) is 9.62. The van der Waals surface area contributed by atoms with Gasteiger partial charge in [0, 0.05) is 33.4 Å². The van der Waals surface area contributed by atoms with Crippen molar-refractivity contribution in [2.24, 2.45) is 0 Å². The first-order valence-corrected chi connectivity index (χ1v) is 15.0. The summed E-state index contributed by atoms with van der Waals surface area (Å²) in [6, 6.07) is 44.4. The average Bonchev–Trinajstić information content (AvgIpc) is 3.66. The van der Waals surface area contributed by atoms with Crippen LogP contribution in [0, 0.1) is 47.4 Å². The van der Waals surface area contributed by atoms with Gasteiger partial charge in [-0.2, -0.15) is 0 Å². The van der Waals surface area contributed by atoms with Crippen molar-refractivity contribution in [1.29, 1.82) is 0 Å². The van der Waals surface area contributed by atoms with Gasteiger partial charge in [0.1, 0.15) is 0 Å². The van der Waals surface area contributed by atoms with Crippen molar-refractivity contribution >= 4 is 22.7 Å². The van der Waals surface area contributed by atoms with Crippen molar-refractivity contribution in [3.8, 4) is 57.1 Å². The van der Waals surface area contributed by atoms with E-state index < -0.39 is 0 Å². The molecule has 0 saturated heterocycles. The minimum atomic E-state index is 0.938. The lowest BCUT2D eigenvalue weighted by atomic mass is 10.1. The molecule has 2 heteroatoms. The summed E-state index contributed by atoms with van der Waals surface area (Å²) in [4.78, 5) is 4.04. The molecule has 0 radical (unpaired) electrons. The smallest absolute Gasteiger partial charge is 0.0792 e. The van der Waals surface area contributed by atoms with Crippen LogP contribution in [-0.2, 0) is 0 Å². The molecule has 6 rings (SSSR count). The van der Waals surface area contributed by atoms with Gasteiger partial charge in [-0.15, -0.1) is 22.7 Å². The molecule has 0 N–H and O–H groups in total. The van der Waals surface area contributed by atoms with Crippen LogP contribution in [0.3, 0.4) is 0 Å². The van der Waals surface area contributed by atoms with E-state index in [-0.39, 0.29) is 0 Å². The average molecular weight is 567 g/mol. The molecule has 0 aliphatic heterocycles. The summed E-state index contributed by atoms with van der Waals surface area (Å²) in [7, 11) is 0. The maximum Gasteiger partial charge on any atom is 0.0792 e. The second-order valence-electron chi connectivity index (χ2n) is 9.17. The van der Waals surface area contributed by atoms with E-state index in [1.165, 1.54) is 0 Å². The van der Waals surface area contributed by atoms with Gasteiger partial charge in [0.05, 0.1) is 19.5 Å². The molecule has 0 unspecified atom stereocenters. The first-order chi connectivity index (χ1) is 20.8. The maximum atomic E-state index is 3.43. The Bertz CT molecular complexity index is 1910. The molecule has 0 amide bonds. The molecular weight excluding hydrogens is 545 g/mol. The number of hydrogen-bond acceptors (Lipinski definition) is 2. The standard InChI is InChI=1S/C40H22S2/c1-5-13-31(14-6-1)21-25-35-29-37(27-23-33-17-9-3-10-18-33)41-39(35)40-36(26-22-32-15-7-2-8-16-32)30-38(42-40)28-24-34-19-11-4-12-20-34/h1-20,29-30H. The summed E-state index contributed by atoms with van der Waals surface area (Å²) in [5.74, 6) is 26.9. The lowest BCUT2D eigenvalue weighted by Gasteiger charge is -1.96. The zero-order valence-corrected chi connectivity index (χ0v) is 24.2. The summed E-state index contributed by atoms with van der Waals surface area (Å²) >= 11 is 3.30. The molecule has 0 saturated carbocycles. The van der Waals surface area contributed by atoms with Crippen LogP contribution in [0.1, 0.15) is 43.1 Å². The van der Waals surface area contributed by atoms with Crippen molar-refractivity contribution < 1.29 is 0 Å². The van der Waals surface area contributed by atoms with Crippen LogP contribution in [0.15, 0.2) is 133 Å². The predicted octanol–water partition coefficient (Wildman–Crippen LogP) is 9.08. The van der Waals surface area contributed by atoms with E-state index in [0.29, 0.717) is 0 Å². The molecule has 2 aromatic heterocycles. The molecule has 0 nitrogen and oxygen atoms in total. The highest BCUT2D eigenvalue weighted by Gasteiger charge is 2.16. The number of rotatable bonds is 1. The van der Waals surface area contributed by atoms with Crippen LogP contribution in [0.25, 0.3) is 9.75 Å². The Hall–Kier alpha value is -5.48. The van der Waals surface area contributed by atoms with Gasteiger partial charge >= 0.3 is 0 Å². The molecule has 0 aliphatic carbocycles. The zero-order valence-electron chi connectivity index (χ0n) is 22.5. The van der Waals surface area contributed by atoms with Gasteiger partial charge < -0.3 is 0 Å². The van der Waals surface area contributed by atoms with Gasteiger partial charge in [0.25, 0.3) is 0 Å². The molecule has 0 atom stereocenters. The van der Waals surface area contributed by atoms with E-state index in [2.05, 4.69) is 59.5 Å². The molecule has 0 fully saturated rings. The van der Waals surface area contributed by atoms with Gasteiger partial charge in [0.15, 0.2) is 0 Å². The van der Waals surface area contributed by atoms with Crippen LogP contribution >= 0.6 is 22.7 Å². The molecule has 2 heterocycles. The second kappa shape index (κ2) is 13.2. The lowest BCUT2D eigenvalue weighted by molar-refractivity contribution is 1.64. The highest BCUT2D eigenvalue weighted by atomic mass is 32.1. The van der Waals surface area contributed by atoms with Crippen molar-refractivity contribution in [2.45, 2.75) is 0 Å². The molecule has 0 aliphatic rings. The van der Waals surface area contributed by atoms with Gasteiger partial charge in [-0.25, -0.2) is 0 Å². The minimum absolute atomic E-state index is 0.938. The number of benzene rings is 4. The van der Waals surface area contributed by atoms with Crippen LogP contribution in [0.4, 0.5) is 0 Å². The molecule has 42 heavy (non-hydrogen) atoms. The second-order valence-corrected chi connectivity index (χ2v) is 11.3. The fourth-order valence-electron chi connectivity index (χ4n) is 4.06. The van der Waals surface area contributed by atoms with Crippen LogP contribution < -0.4 is 0 Å². The quantitative estimate of drug-likeness (QED) is 0.174. The Morgan fingerprint density at radius 1 is 0.310 bits per heavy atom. The first-order valence-electron chi connectivity index (χ1n) is 13.4. The summed E-state index contributed by atoms with van der Waals surface area (Å²) in [6.45, 7) is 0. The van der Waals surface area contributed by atoms with E-state index in [0.717, 1.165) is 52.9 Å². The lowest BCUT2D eigenvalue weighted by Crippen LogP contribution is -1.79. The van der Waals surface area contributed by atoms with Gasteiger partial charge in [-0.05, 0) is 60.7 Å². The van der Waals surface area contributed by atoms with E-state index in [1.54, 1.807) is 22.7 Å². The van der Waals surface area contributed by atoms with E-state index in [9.17, 15) is 0 Å². The molecule has 194 valence electrons. The van der Waals surface area contributed by atoms with E-state index >= 15 is 0 Å². The Labute approximate surface area is 255 Å². The van der Waals surface area contributed by atoms with Crippen LogP contribution in [-0.4, -0.2) is 0 Å². The van der Waals surface area contributed by atoms with E-state index in [4.69, 9.17) is 0 Å². The summed E-state index contributed by atoms with van der Waals surface area (Å²) in [5.41, 5.74) is 5.77. The minimum Gasteiger partial charge on any atom is -0.124 e. The third kappa shape index (κ3) is 6.98. The molecular formula is C40H22S2. The first kappa shape index (κ1) is 26.7. The Morgan fingerprint density at radius 2 is 0.595 bits per heavy atom. The summed E-state index contributed by atoms with van der Waals surface area (Å²) in [6.07, 6.45) is 0. The predicted molar refractivity (Wildman–Crippen MR) is 177 cm³/mol. The molecule has 0 spiro atoms. The number of hydrogen-bond donors (Lipinski definition) is 0. The molecule has 6 aromatic rings. The fraction of sp³-hybridized carbons (Fsp3) is 0. The molecule has 4 aromatic carbocycles. The number of thiophene rings is 2. The van der Waals surface area contributed by atoms with Crippen molar-refractivity contribution in [3.05, 3.63) is 177 Å². The van der Waals surface area contributed by atoms with Gasteiger partial charge in [-0.1, -0.05) is 120 Å². The molecule has 0 bridgehead atoms. The third-order valence-corrected chi connectivity index (χ3v) is 8.37. The highest BCUT2D eigenvalue weighted by molar-refractivity contribution is 7.23. The van der Waals surface area contributed by atoms with Crippen LogP contribution in [0.5, 0.6) is 0 Å². The monoisotopic (exact) mass is 566 g/mol. The Morgan fingerprint density at radius 3 is 0.905 bits per heavy atom.